The smallest absolute Gasteiger partial charge is 0.402 e. The maximum atomic E-state index is 13.3. The summed E-state index contributed by atoms with van der Waals surface area (Å²) in [6.07, 6.45) is -1.53. The van der Waals surface area contributed by atoms with Crippen molar-refractivity contribution in [3.63, 3.8) is 0 Å². The summed E-state index contributed by atoms with van der Waals surface area (Å²) in [5.41, 5.74) is 3.37. The van der Waals surface area contributed by atoms with Crippen LogP contribution in [0, 0.1) is 11.8 Å². The minimum Gasteiger partial charge on any atom is -0.510 e. The molecule has 4 rings (SSSR count). The molecule has 13 heteroatoms. The van der Waals surface area contributed by atoms with E-state index in [2.05, 4.69) is 5.73 Å². The van der Waals surface area contributed by atoms with Crippen molar-refractivity contribution in [2.75, 3.05) is 14.1 Å². The van der Waals surface area contributed by atoms with Crippen LogP contribution in [0.3, 0.4) is 0 Å². The highest BCUT2D eigenvalue weighted by Gasteiger charge is 2.65. The van der Waals surface area contributed by atoms with Gasteiger partial charge in [-0.25, -0.2) is 4.79 Å². The quantitative estimate of drug-likeness (QED) is 0.236. The molecule has 0 saturated heterocycles. The number of benzene rings is 1. The van der Waals surface area contributed by atoms with Crippen molar-refractivity contribution in [2.45, 2.75) is 30.6 Å². The molecule has 0 aromatic heterocycles. The van der Waals surface area contributed by atoms with Gasteiger partial charge < -0.3 is 42.1 Å². The Morgan fingerprint density at radius 1 is 1.08 bits per heavy atom. The number of aromatic hydroxyl groups is 1. The molecule has 5 atom stereocenters. The van der Waals surface area contributed by atoms with E-state index in [-0.39, 0.29) is 17.5 Å². The molecule has 36 heavy (non-hydrogen) atoms. The number of aliphatic hydroxyl groups is 4. The number of carbonyl (C=O) groups excluding carboxylic acids is 3. The fourth-order valence-corrected chi connectivity index (χ4v) is 5.51. The highest BCUT2D eigenvalue weighted by molar-refractivity contribution is 6.24. The van der Waals surface area contributed by atoms with Gasteiger partial charge in [-0.1, -0.05) is 12.1 Å². The van der Waals surface area contributed by atoms with Gasteiger partial charge in [0.25, 0.3) is 5.91 Å². The highest BCUT2D eigenvalue weighted by atomic mass is 16.4. The number of rotatable bonds is 2. The lowest BCUT2D eigenvalue weighted by Gasteiger charge is -2.52. The van der Waals surface area contributed by atoms with E-state index in [1.165, 1.54) is 44.1 Å². The number of amides is 2. The second-order valence-corrected chi connectivity index (χ2v) is 9.30. The molecular weight excluding hydrogens is 478 g/mol. The average molecular weight is 505 g/mol. The lowest BCUT2D eigenvalue weighted by atomic mass is 9.55. The largest absolute Gasteiger partial charge is 0.510 e. The highest BCUT2D eigenvalue weighted by Crippen LogP contribution is 2.56. The SMILES string of the molecule is CN(C)[C@@H]1C(O)=C(C(N)=O)C(=O)[C@@]2(O)C(O)=C3C(=O)c4c(O)cccc4[C@@](C)(O)[C@H]3C[C@@H]12.NC(=O)O. The van der Waals surface area contributed by atoms with Gasteiger partial charge in [-0.2, -0.15) is 0 Å². The van der Waals surface area contributed by atoms with E-state index in [0.29, 0.717) is 0 Å². The van der Waals surface area contributed by atoms with Crippen molar-refractivity contribution < 1.29 is 49.8 Å². The zero-order valence-electron chi connectivity index (χ0n) is 19.6. The van der Waals surface area contributed by atoms with Gasteiger partial charge in [0.05, 0.1) is 17.2 Å². The molecular formula is C23H27N3O10. The topological polar surface area (TPSA) is 245 Å². The predicted octanol–water partition coefficient (Wildman–Crippen LogP) is -0.591. The Hall–Kier alpha value is -3.94. The number of carboxylic acid groups (broad SMARTS) is 1. The number of Topliss-reactive ketones (excluding diaryl/α,β-unsaturated/α-hetero) is 2. The van der Waals surface area contributed by atoms with E-state index >= 15 is 0 Å². The molecule has 0 spiro atoms. The number of ketones is 2. The summed E-state index contributed by atoms with van der Waals surface area (Å²) in [6.45, 7) is 1.40. The third-order valence-electron chi connectivity index (χ3n) is 7.02. The van der Waals surface area contributed by atoms with Crippen LogP contribution in [0.2, 0.25) is 0 Å². The summed E-state index contributed by atoms with van der Waals surface area (Å²) in [4.78, 5) is 48.6. The van der Waals surface area contributed by atoms with Gasteiger partial charge in [0.15, 0.2) is 11.4 Å². The molecule has 2 amide bonds. The molecule has 0 saturated carbocycles. The van der Waals surface area contributed by atoms with Crippen LogP contribution in [-0.2, 0) is 15.2 Å². The van der Waals surface area contributed by atoms with Gasteiger partial charge in [0.1, 0.15) is 22.8 Å². The van der Waals surface area contributed by atoms with Gasteiger partial charge in [-0.3, -0.25) is 19.3 Å². The fraction of sp³-hybridized carbons (Fsp3) is 0.391. The van der Waals surface area contributed by atoms with Gasteiger partial charge >= 0.3 is 6.09 Å². The van der Waals surface area contributed by atoms with Crippen molar-refractivity contribution in [3.8, 4) is 5.75 Å². The first-order valence-corrected chi connectivity index (χ1v) is 10.7. The maximum Gasteiger partial charge on any atom is 0.402 e. The molecule has 0 unspecified atom stereocenters. The van der Waals surface area contributed by atoms with Crippen LogP contribution in [0.25, 0.3) is 0 Å². The molecule has 0 bridgehead atoms. The van der Waals surface area contributed by atoms with Gasteiger partial charge in [-0.05, 0) is 39.1 Å². The third-order valence-corrected chi connectivity index (χ3v) is 7.02. The summed E-state index contributed by atoms with van der Waals surface area (Å²) < 4.78 is 0. The van der Waals surface area contributed by atoms with Crippen LogP contribution in [-0.4, -0.2) is 84.8 Å². The van der Waals surface area contributed by atoms with Crippen molar-refractivity contribution >= 4 is 23.6 Å². The summed E-state index contributed by atoms with van der Waals surface area (Å²) in [7, 11) is 3.06. The number of fused-ring (bicyclic) bond motifs is 3. The van der Waals surface area contributed by atoms with Gasteiger partial charge in [0, 0.05) is 17.4 Å². The molecule has 0 radical (unpaired) electrons. The monoisotopic (exact) mass is 505 g/mol. The molecule has 0 heterocycles. The number of nitrogens with two attached hydrogens (primary N) is 2. The lowest BCUT2D eigenvalue weighted by Crippen LogP contribution is -2.65. The first kappa shape index (κ1) is 26.7. The summed E-state index contributed by atoms with van der Waals surface area (Å²) in [5, 5.41) is 62.2. The Morgan fingerprint density at radius 3 is 2.14 bits per heavy atom. The van der Waals surface area contributed by atoms with E-state index in [1.54, 1.807) is 0 Å². The van der Waals surface area contributed by atoms with E-state index in [9.17, 15) is 39.9 Å². The molecule has 0 fully saturated rings. The standard InChI is InChI=1S/C22H24N2O8.CH3NO2/c1-21(31)8-5-4-6-11(25)12(8)16(26)13-9(21)7-10-15(24(2)3)17(27)14(20(23)30)19(29)22(10,32)18(13)28;2-1(3)4/h4-6,9-10,15,25,27-28,31-32H,7H2,1-3H3,(H2,23,30);2H2,(H,3,4)/t9-,10-,15-,21+,22-;/m0./s1. The summed E-state index contributed by atoms with van der Waals surface area (Å²) >= 11 is 0. The minimum absolute atomic E-state index is 0.135. The number of likely N-dealkylation sites (N-methyl/N-ethyl adjacent to an activating group) is 1. The van der Waals surface area contributed by atoms with Gasteiger partial charge in [-0.15, -0.1) is 0 Å². The second-order valence-electron chi connectivity index (χ2n) is 9.30. The normalized spacial score (nSPS) is 31.2. The van der Waals surface area contributed by atoms with E-state index in [4.69, 9.17) is 15.6 Å². The van der Waals surface area contributed by atoms with E-state index in [1.807, 2.05) is 0 Å². The summed E-state index contributed by atoms with van der Waals surface area (Å²) in [6, 6.07) is 3.05. The molecule has 1 aromatic rings. The number of primary amides is 2. The van der Waals surface area contributed by atoms with Crippen LogP contribution in [0.15, 0.2) is 40.9 Å². The first-order valence-electron chi connectivity index (χ1n) is 10.7. The molecule has 1 aromatic carbocycles. The van der Waals surface area contributed by atoms with Crippen molar-refractivity contribution in [1.82, 2.24) is 4.90 Å². The number of phenolic OH excluding ortho intramolecular Hbond substituents is 1. The number of nitrogens with zero attached hydrogens (tertiary/aromatic N) is 1. The van der Waals surface area contributed by atoms with E-state index in [0.717, 1.165) is 0 Å². The van der Waals surface area contributed by atoms with Crippen molar-refractivity contribution in [3.05, 3.63) is 52.0 Å². The van der Waals surface area contributed by atoms with Crippen molar-refractivity contribution in [1.29, 1.82) is 0 Å². The van der Waals surface area contributed by atoms with E-state index < -0.39 is 81.1 Å². The number of carbonyl (C=O) groups is 4. The fourth-order valence-electron chi connectivity index (χ4n) is 5.51. The summed E-state index contributed by atoms with van der Waals surface area (Å²) in [5.74, 6) is -7.89. The first-order chi connectivity index (χ1) is 16.5. The van der Waals surface area contributed by atoms with Crippen LogP contribution in [0.1, 0.15) is 29.3 Å². The minimum atomic E-state index is -2.75. The Labute approximate surface area is 204 Å². The number of phenols is 1. The van der Waals surface area contributed by atoms with Crippen LogP contribution >= 0.6 is 0 Å². The zero-order valence-corrected chi connectivity index (χ0v) is 19.6. The lowest BCUT2D eigenvalue weighted by molar-refractivity contribution is -0.151. The third kappa shape index (κ3) is 3.59. The average Bonchev–Trinajstić information content (AvgIpc) is 2.73. The number of aliphatic hydroxyl groups excluding tert-OH is 2. The van der Waals surface area contributed by atoms with Crippen molar-refractivity contribution in [2.24, 2.45) is 23.3 Å². The molecule has 3 aliphatic rings. The Kier molecular flexibility index (Phi) is 6.38. The maximum absolute atomic E-state index is 13.3. The van der Waals surface area contributed by atoms with Crippen LogP contribution in [0.4, 0.5) is 4.79 Å². The second kappa shape index (κ2) is 8.62. The number of hydrogen-bond donors (Lipinski definition) is 8. The number of hydrogen-bond acceptors (Lipinski definition) is 10. The molecule has 13 nitrogen and oxygen atoms in total. The predicted molar refractivity (Wildman–Crippen MR) is 122 cm³/mol. The molecule has 10 N–H and O–H groups in total. The Balaban J connectivity index is 0.000000840. The Bertz CT molecular complexity index is 1240. The van der Waals surface area contributed by atoms with Crippen LogP contribution in [0.5, 0.6) is 5.75 Å². The Morgan fingerprint density at radius 2 is 1.64 bits per heavy atom. The molecule has 194 valence electrons. The zero-order chi connectivity index (χ0) is 27.5. The molecule has 3 aliphatic carbocycles. The van der Waals surface area contributed by atoms with Crippen LogP contribution < -0.4 is 11.5 Å². The molecule has 0 aliphatic heterocycles. The van der Waals surface area contributed by atoms with Gasteiger partial charge in [0.2, 0.25) is 5.78 Å².